The molecule has 2 aliphatic heterocycles. The van der Waals surface area contributed by atoms with Crippen LogP contribution in [0.5, 0.6) is 0 Å². The Hall–Kier alpha value is -3.30. The molecule has 2 fully saturated rings. The van der Waals surface area contributed by atoms with Gasteiger partial charge in [0.15, 0.2) is 0 Å². The Morgan fingerprint density at radius 1 is 1.12 bits per heavy atom. The van der Waals surface area contributed by atoms with Crippen molar-refractivity contribution in [2.45, 2.75) is 30.9 Å². The van der Waals surface area contributed by atoms with Gasteiger partial charge in [-0.1, -0.05) is 0 Å². The Bertz CT molecular complexity index is 1230. The quantitative estimate of drug-likeness (QED) is 0.558. The molecule has 33 heavy (non-hydrogen) atoms. The number of pyridine rings is 1. The van der Waals surface area contributed by atoms with Crippen LogP contribution in [0.3, 0.4) is 0 Å². The van der Waals surface area contributed by atoms with Gasteiger partial charge in [-0.15, -0.1) is 0 Å². The zero-order valence-corrected chi connectivity index (χ0v) is 17.8. The van der Waals surface area contributed by atoms with Crippen molar-refractivity contribution in [2.24, 2.45) is 0 Å². The van der Waals surface area contributed by atoms with Gasteiger partial charge in [-0.2, -0.15) is 13.2 Å². The second-order valence-corrected chi connectivity index (χ2v) is 8.67. The molecule has 0 aliphatic carbocycles. The zero-order valence-electron chi connectivity index (χ0n) is 17.8. The van der Waals surface area contributed by atoms with Crippen LogP contribution < -0.4 is 4.90 Å². The number of aromatic nitrogens is 3. The maximum Gasteiger partial charge on any atom is 0.401 e. The third kappa shape index (κ3) is 3.57. The fourth-order valence-electron chi connectivity index (χ4n) is 4.75. The number of halogens is 4. The van der Waals surface area contributed by atoms with Crippen LogP contribution >= 0.6 is 0 Å². The third-order valence-electron chi connectivity index (χ3n) is 6.67. The minimum Gasteiger partial charge on any atom is -0.355 e. The highest BCUT2D eigenvalue weighted by molar-refractivity contribution is 5.80. The molecule has 0 spiro atoms. The summed E-state index contributed by atoms with van der Waals surface area (Å²) in [5.41, 5.74) is -1.36. The molecule has 1 amide bonds. The van der Waals surface area contributed by atoms with Gasteiger partial charge in [-0.25, -0.2) is 9.37 Å². The van der Waals surface area contributed by atoms with E-state index in [1.54, 1.807) is 18.2 Å². The normalized spacial score (nSPS) is 21.5. The average molecular weight is 459 g/mol. The number of benzene rings is 1. The summed E-state index contributed by atoms with van der Waals surface area (Å²) in [6, 6.07) is 7.88. The molecule has 2 aliphatic rings. The van der Waals surface area contributed by atoms with Gasteiger partial charge in [0, 0.05) is 56.8 Å². The van der Waals surface area contributed by atoms with Crippen molar-refractivity contribution >= 4 is 22.6 Å². The molecule has 172 valence electrons. The van der Waals surface area contributed by atoms with E-state index in [1.165, 1.54) is 36.4 Å². The lowest BCUT2D eigenvalue weighted by Gasteiger charge is -2.42. The van der Waals surface area contributed by atoms with E-state index in [1.807, 2.05) is 4.90 Å². The molecule has 5 rings (SSSR count). The smallest absolute Gasteiger partial charge is 0.355 e. The van der Waals surface area contributed by atoms with Crippen LogP contribution in [0, 0.1) is 5.82 Å². The molecular weight excluding hydrogens is 438 g/mol. The van der Waals surface area contributed by atoms with Crippen molar-refractivity contribution in [2.75, 3.05) is 31.1 Å². The van der Waals surface area contributed by atoms with Crippen LogP contribution in [0.25, 0.3) is 10.9 Å². The first-order valence-corrected chi connectivity index (χ1v) is 10.6. The molecule has 1 aromatic carbocycles. The van der Waals surface area contributed by atoms with E-state index in [-0.39, 0.29) is 36.3 Å². The Kier molecular flexibility index (Phi) is 4.98. The summed E-state index contributed by atoms with van der Waals surface area (Å²) in [5, 5.41) is 0.676. The van der Waals surface area contributed by atoms with Gasteiger partial charge in [-0.05, 0) is 36.8 Å². The predicted molar refractivity (Wildman–Crippen MR) is 113 cm³/mol. The van der Waals surface area contributed by atoms with Gasteiger partial charge >= 0.3 is 6.18 Å². The van der Waals surface area contributed by atoms with Gasteiger partial charge in [0.05, 0.1) is 16.9 Å². The van der Waals surface area contributed by atoms with Crippen molar-refractivity contribution in [1.82, 2.24) is 19.9 Å². The molecule has 1 atom stereocenters. The maximum atomic E-state index is 14.4. The first kappa shape index (κ1) is 21.5. The SMILES string of the molecule is CC(=O)N1CC[C@@](c2nccnc2C2CN(c3ccc4cc(F)ccc4n3)C2)(C(F)(F)F)C1. The fraction of sp³-hybridized carbons (Fsp3) is 0.391. The standard InChI is InChI=1S/C23H21F4N5O/c1-14(33)31-9-6-22(13-31,23(25,26)27)21-20(28-7-8-29-21)16-11-32(12-16)19-5-2-15-10-17(24)3-4-18(15)30-19/h2-5,7-8,10,16H,6,9,11-13H2,1H3/t22-/m1/s1. The van der Waals surface area contributed by atoms with E-state index in [0.717, 1.165) is 0 Å². The Morgan fingerprint density at radius 2 is 1.88 bits per heavy atom. The number of amides is 1. The molecular formula is C23H21F4N5O. The molecule has 0 unspecified atom stereocenters. The number of rotatable bonds is 3. The van der Waals surface area contributed by atoms with E-state index in [9.17, 15) is 22.4 Å². The minimum absolute atomic E-state index is 0.0310. The number of fused-ring (bicyclic) bond motifs is 1. The van der Waals surface area contributed by atoms with Crippen molar-refractivity contribution in [3.63, 3.8) is 0 Å². The number of likely N-dealkylation sites (tertiary alicyclic amines) is 1. The molecule has 0 bridgehead atoms. The minimum atomic E-state index is -4.57. The maximum absolute atomic E-state index is 14.4. The van der Waals surface area contributed by atoms with E-state index in [0.29, 0.717) is 35.5 Å². The van der Waals surface area contributed by atoms with Crippen LogP contribution in [-0.2, 0) is 10.2 Å². The van der Waals surface area contributed by atoms with Gasteiger partial charge in [-0.3, -0.25) is 14.8 Å². The molecule has 2 saturated heterocycles. The zero-order chi connectivity index (χ0) is 23.4. The number of carbonyl (C=O) groups excluding carboxylic acids is 1. The van der Waals surface area contributed by atoms with Crippen LogP contribution in [-0.4, -0.2) is 58.1 Å². The lowest BCUT2D eigenvalue weighted by Crippen LogP contribution is -2.50. The molecule has 2 aromatic heterocycles. The molecule has 6 nitrogen and oxygen atoms in total. The number of alkyl halides is 3. The Balaban J connectivity index is 1.42. The highest BCUT2D eigenvalue weighted by atomic mass is 19.4. The number of hydrogen-bond donors (Lipinski definition) is 0. The van der Waals surface area contributed by atoms with Crippen LogP contribution in [0.2, 0.25) is 0 Å². The molecule has 4 heterocycles. The molecule has 0 saturated carbocycles. The number of hydrogen-bond acceptors (Lipinski definition) is 5. The van der Waals surface area contributed by atoms with Crippen LogP contribution in [0.15, 0.2) is 42.7 Å². The van der Waals surface area contributed by atoms with E-state index in [4.69, 9.17) is 0 Å². The van der Waals surface area contributed by atoms with Gasteiger partial charge < -0.3 is 9.80 Å². The lowest BCUT2D eigenvalue weighted by molar-refractivity contribution is -0.188. The Labute approximate surface area is 187 Å². The fourth-order valence-corrected chi connectivity index (χ4v) is 4.75. The Morgan fingerprint density at radius 3 is 2.58 bits per heavy atom. The highest BCUT2D eigenvalue weighted by Crippen LogP contribution is 2.49. The lowest BCUT2D eigenvalue weighted by atomic mass is 9.78. The molecule has 10 heteroatoms. The second kappa shape index (κ2) is 7.64. The summed E-state index contributed by atoms with van der Waals surface area (Å²) in [6.45, 7) is 1.74. The van der Waals surface area contributed by atoms with E-state index >= 15 is 0 Å². The summed E-state index contributed by atoms with van der Waals surface area (Å²) in [5.74, 6) is -0.302. The molecule has 3 aromatic rings. The van der Waals surface area contributed by atoms with Gasteiger partial charge in [0.1, 0.15) is 17.1 Å². The predicted octanol–water partition coefficient (Wildman–Crippen LogP) is 3.82. The van der Waals surface area contributed by atoms with Crippen LogP contribution in [0.1, 0.15) is 30.7 Å². The summed E-state index contributed by atoms with van der Waals surface area (Å²) >= 11 is 0. The van der Waals surface area contributed by atoms with E-state index in [2.05, 4.69) is 15.0 Å². The van der Waals surface area contributed by atoms with Crippen molar-refractivity contribution in [1.29, 1.82) is 0 Å². The number of carbonyl (C=O) groups is 1. The molecule has 0 radical (unpaired) electrons. The average Bonchev–Trinajstić information content (AvgIpc) is 3.20. The van der Waals surface area contributed by atoms with Gasteiger partial charge in [0.2, 0.25) is 5.91 Å². The van der Waals surface area contributed by atoms with Crippen molar-refractivity contribution in [3.8, 4) is 0 Å². The van der Waals surface area contributed by atoms with E-state index < -0.39 is 18.1 Å². The largest absolute Gasteiger partial charge is 0.401 e. The number of anilines is 1. The van der Waals surface area contributed by atoms with Crippen LogP contribution in [0.4, 0.5) is 23.4 Å². The molecule has 0 N–H and O–H groups in total. The highest BCUT2D eigenvalue weighted by Gasteiger charge is 2.62. The third-order valence-corrected chi connectivity index (χ3v) is 6.67. The topological polar surface area (TPSA) is 62.2 Å². The summed E-state index contributed by atoms with van der Waals surface area (Å²) in [7, 11) is 0. The van der Waals surface area contributed by atoms with Gasteiger partial charge in [0.25, 0.3) is 0 Å². The summed E-state index contributed by atoms with van der Waals surface area (Å²) in [4.78, 5) is 28.0. The summed E-state index contributed by atoms with van der Waals surface area (Å²) in [6.07, 6.45) is -2.11. The first-order valence-electron chi connectivity index (χ1n) is 10.6. The monoisotopic (exact) mass is 459 g/mol. The van der Waals surface area contributed by atoms with Crippen molar-refractivity contribution < 1.29 is 22.4 Å². The number of nitrogens with zero attached hydrogens (tertiary/aromatic N) is 5. The van der Waals surface area contributed by atoms with Crippen molar-refractivity contribution in [3.05, 3.63) is 59.9 Å². The second-order valence-electron chi connectivity index (χ2n) is 8.67. The summed E-state index contributed by atoms with van der Waals surface area (Å²) < 4.78 is 56.5. The first-order chi connectivity index (χ1) is 15.7.